The molecule has 2 rings (SSSR count). The van der Waals surface area contributed by atoms with E-state index in [0.717, 1.165) is 50.8 Å². The van der Waals surface area contributed by atoms with Crippen molar-refractivity contribution in [3.05, 3.63) is 11.9 Å². The van der Waals surface area contributed by atoms with Gasteiger partial charge in [-0.25, -0.2) is 9.97 Å². The second-order valence-electron chi connectivity index (χ2n) is 5.61. The first kappa shape index (κ1) is 15.0. The van der Waals surface area contributed by atoms with Crippen molar-refractivity contribution in [3.8, 4) is 0 Å². The van der Waals surface area contributed by atoms with Crippen LogP contribution in [0, 0.1) is 5.92 Å². The van der Waals surface area contributed by atoms with Gasteiger partial charge in [-0.05, 0) is 31.6 Å². The van der Waals surface area contributed by atoms with Crippen LogP contribution in [0.3, 0.4) is 0 Å². The molecule has 112 valence electrons. The van der Waals surface area contributed by atoms with E-state index in [1.165, 1.54) is 5.56 Å². The fraction of sp³-hybridized carbons (Fsp3) is 0.733. The number of nitrogens with one attached hydrogen (secondary N) is 2. The van der Waals surface area contributed by atoms with Crippen LogP contribution in [-0.2, 0) is 4.74 Å². The molecule has 0 unspecified atom stereocenters. The number of anilines is 2. The van der Waals surface area contributed by atoms with Gasteiger partial charge in [0.25, 0.3) is 0 Å². The SMILES string of the molecule is CCNc1ncnc(NCC2CCOCC2)c1C(C)C. The largest absolute Gasteiger partial charge is 0.381 e. The molecule has 1 aromatic heterocycles. The van der Waals surface area contributed by atoms with Crippen LogP contribution in [0.15, 0.2) is 6.33 Å². The molecule has 2 N–H and O–H groups in total. The van der Waals surface area contributed by atoms with Crippen LogP contribution in [0.2, 0.25) is 0 Å². The first-order valence-corrected chi connectivity index (χ1v) is 7.62. The number of aromatic nitrogens is 2. The number of hydrogen-bond acceptors (Lipinski definition) is 5. The molecule has 1 fully saturated rings. The Bertz CT molecular complexity index is 416. The molecule has 1 aliphatic heterocycles. The number of rotatable bonds is 6. The highest BCUT2D eigenvalue weighted by atomic mass is 16.5. The van der Waals surface area contributed by atoms with Gasteiger partial charge in [-0.1, -0.05) is 13.8 Å². The summed E-state index contributed by atoms with van der Waals surface area (Å²) in [6, 6.07) is 0. The summed E-state index contributed by atoms with van der Waals surface area (Å²) < 4.78 is 5.40. The molecule has 0 spiro atoms. The van der Waals surface area contributed by atoms with E-state index >= 15 is 0 Å². The lowest BCUT2D eigenvalue weighted by Gasteiger charge is -2.24. The molecule has 0 saturated carbocycles. The van der Waals surface area contributed by atoms with Crippen LogP contribution in [-0.4, -0.2) is 36.3 Å². The van der Waals surface area contributed by atoms with Crippen LogP contribution >= 0.6 is 0 Å². The Morgan fingerprint density at radius 2 is 1.85 bits per heavy atom. The van der Waals surface area contributed by atoms with Gasteiger partial charge in [0.15, 0.2) is 0 Å². The summed E-state index contributed by atoms with van der Waals surface area (Å²) in [5.74, 6) is 2.99. The van der Waals surface area contributed by atoms with Crippen LogP contribution in [0.25, 0.3) is 0 Å². The number of hydrogen-bond donors (Lipinski definition) is 2. The van der Waals surface area contributed by atoms with Gasteiger partial charge in [0, 0.05) is 31.9 Å². The van der Waals surface area contributed by atoms with Crippen LogP contribution < -0.4 is 10.6 Å². The average Bonchev–Trinajstić information content (AvgIpc) is 2.46. The smallest absolute Gasteiger partial charge is 0.134 e. The fourth-order valence-corrected chi connectivity index (χ4v) is 2.58. The molecule has 0 bridgehead atoms. The van der Waals surface area contributed by atoms with Gasteiger partial charge >= 0.3 is 0 Å². The molecule has 1 aromatic rings. The van der Waals surface area contributed by atoms with Crippen molar-refractivity contribution in [3.63, 3.8) is 0 Å². The third-order valence-corrected chi connectivity index (χ3v) is 3.70. The molecule has 20 heavy (non-hydrogen) atoms. The quantitative estimate of drug-likeness (QED) is 0.838. The Labute approximate surface area is 121 Å². The van der Waals surface area contributed by atoms with E-state index in [-0.39, 0.29) is 0 Å². The second kappa shape index (κ2) is 7.43. The predicted molar refractivity (Wildman–Crippen MR) is 82.3 cm³/mol. The molecule has 1 aliphatic rings. The summed E-state index contributed by atoms with van der Waals surface area (Å²) in [5.41, 5.74) is 1.18. The summed E-state index contributed by atoms with van der Waals surface area (Å²) in [6.45, 7) is 10.0. The predicted octanol–water partition coefficient (Wildman–Crippen LogP) is 2.87. The van der Waals surface area contributed by atoms with Crippen molar-refractivity contribution in [1.82, 2.24) is 9.97 Å². The van der Waals surface area contributed by atoms with Crippen LogP contribution in [0.1, 0.15) is 45.1 Å². The Kier molecular flexibility index (Phi) is 5.59. The van der Waals surface area contributed by atoms with Crippen molar-refractivity contribution < 1.29 is 4.74 Å². The summed E-state index contributed by atoms with van der Waals surface area (Å²) in [4.78, 5) is 8.80. The van der Waals surface area contributed by atoms with E-state index in [4.69, 9.17) is 4.74 Å². The Morgan fingerprint density at radius 1 is 1.20 bits per heavy atom. The molecule has 2 heterocycles. The zero-order chi connectivity index (χ0) is 14.4. The molecule has 0 atom stereocenters. The van der Waals surface area contributed by atoms with Gasteiger partial charge in [-0.2, -0.15) is 0 Å². The minimum absolute atomic E-state index is 0.391. The maximum Gasteiger partial charge on any atom is 0.134 e. The van der Waals surface area contributed by atoms with Gasteiger partial charge in [-0.15, -0.1) is 0 Å². The highest BCUT2D eigenvalue weighted by molar-refractivity contribution is 5.58. The van der Waals surface area contributed by atoms with Crippen molar-refractivity contribution >= 4 is 11.6 Å². The number of ether oxygens (including phenoxy) is 1. The van der Waals surface area contributed by atoms with Crippen molar-refractivity contribution in [1.29, 1.82) is 0 Å². The molecule has 0 aliphatic carbocycles. The monoisotopic (exact) mass is 278 g/mol. The Hall–Kier alpha value is -1.36. The zero-order valence-corrected chi connectivity index (χ0v) is 12.8. The Morgan fingerprint density at radius 3 is 2.45 bits per heavy atom. The van der Waals surface area contributed by atoms with Gasteiger partial charge in [-0.3, -0.25) is 0 Å². The maximum absolute atomic E-state index is 5.40. The summed E-state index contributed by atoms with van der Waals surface area (Å²) in [6.07, 6.45) is 3.90. The summed E-state index contributed by atoms with van der Waals surface area (Å²) >= 11 is 0. The first-order chi connectivity index (χ1) is 9.72. The van der Waals surface area contributed by atoms with Gasteiger partial charge in [0.05, 0.1) is 0 Å². The Balaban J connectivity index is 2.07. The lowest BCUT2D eigenvalue weighted by molar-refractivity contribution is 0.0699. The van der Waals surface area contributed by atoms with E-state index in [0.29, 0.717) is 11.8 Å². The van der Waals surface area contributed by atoms with Crippen molar-refractivity contribution in [2.75, 3.05) is 36.9 Å². The molecule has 0 radical (unpaired) electrons. The topological polar surface area (TPSA) is 59.1 Å². The minimum Gasteiger partial charge on any atom is -0.381 e. The van der Waals surface area contributed by atoms with Crippen molar-refractivity contribution in [2.45, 2.75) is 39.5 Å². The maximum atomic E-state index is 5.40. The fourth-order valence-electron chi connectivity index (χ4n) is 2.58. The lowest BCUT2D eigenvalue weighted by Crippen LogP contribution is -2.23. The molecule has 0 aromatic carbocycles. The summed E-state index contributed by atoms with van der Waals surface area (Å²) in [5, 5.41) is 6.84. The summed E-state index contributed by atoms with van der Waals surface area (Å²) in [7, 11) is 0. The lowest BCUT2D eigenvalue weighted by atomic mass is 10.00. The van der Waals surface area contributed by atoms with Gasteiger partial charge < -0.3 is 15.4 Å². The highest BCUT2D eigenvalue weighted by Gasteiger charge is 2.17. The minimum atomic E-state index is 0.391. The molecule has 5 nitrogen and oxygen atoms in total. The molecular weight excluding hydrogens is 252 g/mol. The zero-order valence-electron chi connectivity index (χ0n) is 12.8. The molecule has 0 amide bonds. The van der Waals surface area contributed by atoms with E-state index in [1.54, 1.807) is 6.33 Å². The van der Waals surface area contributed by atoms with E-state index in [9.17, 15) is 0 Å². The van der Waals surface area contributed by atoms with Crippen LogP contribution in [0.5, 0.6) is 0 Å². The van der Waals surface area contributed by atoms with Crippen LogP contribution in [0.4, 0.5) is 11.6 Å². The van der Waals surface area contributed by atoms with E-state index in [1.807, 2.05) is 0 Å². The number of nitrogens with zero attached hydrogens (tertiary/aromatic N) is 2. The van der Waals surface area contributed by atoms with Gasteiger partial charge in [0.2, 0.25) is 0 Å². The molecular formula is C15H26N4O. The third kappa shape index (κ3) is 3.82. The highest BCUT2D eigenvalue weighted by Crippen LogP contribution is 2.28. The molecule has 5 heteroatoms. The average molecular weight is 278 g/mol. The van der Waals surface area contributed by atoms with E-state index in [2.05, 4.69) is 41.4 Å². The normalized spacial score (nSPS) is 16.4. The third-order valence-electron chi connectivity index (χ3n) is 3.70. The first-order valence-electron chi connectivity index (χ1n) is 7.62. The van der Waals surface area contributed by atoms with E-state index < -0.39 is 0 Å². The van der Waals surface area contributed by atoms with Crippen molar-refractivity contribution in [2.24, 2.45) is 5.92 Å². The molecule has 1 saturated heterocycles. The second-order valence-corrected chi connectivity index (χ2v) is 5.61. The standard InChI is InChI=1S/C15H26N4O/c1-4-16-14-13(11(2)3)15(19-10-18-14)17-9-12-5-7-20-8-6-12/h10-12H,4-9H2,1-3H3,(H2,16,17,18,19). The van der Waals surface area contributed by atoms with Gasteiger partial charge in [0.1, 0.15) is 18.0 Å².